The number of anilines is 1. The van der Waals surface area contributed by atoms with Crippen LogP contribution in [0.25, 0.3) is 16.5 Å². The summed E-state index contributed by atoms with van der Waals surface area (Å²) in [4.78, 5) is 17.4. The normalized spacial score (nSPS) is 20.0. The van der Waals surface area contributed by atoms with Gasteiger partial charge in [-0.2, -0.15) is 0 Å². The van der Waals surface area contributed by atoms with Crippen molar-refractivity contribution in [2.75, 3.05) is 12.1 Å². The molecule has 0 fully saturated rings. The van der Waals surface area contributed by atoms with E-state index in [1.165, 1.54) is 5.57 Å². The Labute approximate surface area is 162 Å². The standard InChI is InChI=1S/C23H18N2O3/c26-18-5-1-3-14-15-7-8-17-16(4-2-10-24-17)23(15)25-22(21(14)18)13-6-9-19-20(11-13)28-12-27-19/h2,4,6-11,22,25H,1,3,5,12H2/t22-/m0/s1. The summed E-state index contributed by atoms with van der Waals surface area (Å²) in [7, 11) is 0. The molecule has 0 bridgehead atoms. The Hall–Kier alpha value is -3.34. The maximum atomic E-state index is 13.0. The van der Waals surface area contributed by atoms with E-state index in [9.17, 15) is 4.79 Å². The number of fused-ring (bicyclic) bond motifs is 5. The fourth-order valence-corrected chi connectivity index (χ4v) is 4.60. The lowest BCUT2D eigenvalue weighted by Crippen LogP contribution is -2.27. The van der Waals surface area contributed by atoms with E-state index in [-0.39, 0.29) is 18.6 Å². The van der Waals surface area contributed by atoms with Gasteiger partial charge in [-0.25, -0.2) is 0 Å². The van der Waals surface area contributed by atoms with Gasteiger partial charge in [0.2, 0.25) is 6.79 Å². The zero-order chi connectivity index (χ0) is 18.7. The predicted molar refractivity (Wildman–Crippen MR) is 106 cm³/mol. The first-order chi connectivity index (χ1) is 13.8. The number of carbonyl (C=O) groups is 1. The smallest absolute Gasteiger partial charge is 0.231 e. The van der Waals surface area contributed by atoms with Crippen LogP contribution in [-0.4, -0.2) is 17.6 Å². The van der Waals surface area contributed by atoms with Crippen LogP contribution in [0, 0.1) is 0 Å². The molecule has 6 rings (SSSR count). The number of ether oxygens (including phenoxy) is 2. The van der Waals surface area contributed by atoms with Gasteiger partial charge in [0.15, 0.2) is 17.3 Å². The number of hydrogen-bond donors (Lipinski definition) is 1. The summed E-state index contributed by atoms with van der Waals surface area (Å²) >= 11 is 0. The lowest BCUT2D eigenvalue weighted by atomic mass is 9.77. The number of pyridine rings is 1. The first-order valence-corrected chi connectivity index (χ1v) is 9.60. The number of allylic oxidation sites excluding steroid dienone is 1. The summed E-state index contributed by atoms with van der Waals surface area (Å²) < 4.78 is 11.0. The van der Waals surface area contributed by atoms with Crippen LogP contribution in [0.2, 0.25) is 0 Å². The van der Waals surface area contributed by atoms with Gasteiger partial charge in [-0.05, 0) is 54.3 Å². The van der Waals surface area contributed by atoms with Crippen molar-refractivity contribution in [3.8, 4) is 11.5 Å². The Kier molecular flexibility index (Phi) is 3.27. The zero-order valence-electron chi connectivity index (χ0n) is 15.2. The lowest BCUT2D eigenvalue weighted by Gasteiger charge is -2.35. The second-order valence-electron chi connectivity index (χ2n) is 7.42. The van der Waals surface area contributed by atoms with Crippen molar-refractivity contribution < 1.29 is 14.3 Å². The van der Waals surface area contributed by atoms with E-state index in [0.29, 0.717) is 6.42 Å². The number of nitrogens with zero attached hydrogens (tertiary/aromatic N) is 1. The second-order valence-corrected chi connectivity index (χ2v) is 7.42. The first-order valence-electron chi connectivity index (χ1n) is 9.60. The third kappa shape index (κ3) is 2.19. The molecule has 1 atom stereocenters. The van der Waals surface area contributed by atoms with Crippen molar-refractivity contribution in [2.24, 2.45) is 0 Å². The highest BCUT2D eigenvalue weighted by Gasteiger charge is 2.35. The van der Waals surface area contributed by atoms with E-state index in [0.717, 1.165) is 57.6 Å². The topological polar surface area (TPSA) is 60.5 Å². The number of Topliss-reactive ketones (excluding diaryl/α,β-unsaturated/α-hetero) is 1. The molecule has 3 heterocycles. The lowest BCUT2D eigenvalue weighted by molar-refractivity contribution is -0.116. The summed E-state index contributed by atoms with van der Waals surface area (Å²) in [6, 6.07) is 13.9. The van der Waals surface area contributed by atoms with E-state index in [4.69, 9.17) is 9.47 Å². The molecule has 0 unspecified atom stereocenters. The highest BCUT2D eigenvalue weighted by atomic mass is 16.7. The summed E-state index contributed by atoms with van der Waals surface area (Å²) in [5.74, 6) is 1.71. The Balaban J connectivity index is 1.59. The van der Waals surface area contributed by atoms with Crippen LogP contribution in [-0.2, 0) is 4.79 Å². The molecular weight excluding hydrogens is 352 g/mol. The molecule has 2 aromatic carbocycles. The molecule has 3 aliphatic rings. The molecule has 2 aliphatic heterocycles. The van der Waals surface area contributed by atoms with E-state index in [2.05, 4.69) is 22.4 Å². The summed E-state index contributed by atoms with van der Waals surface area (Å²) in [6.45, 7) is 0.239. The van der Waals surface area contributed by atoms with Gasteiger partial charge in [0.25, 0.3) is 0 Å². The van der Waals surface area contributed by atoms with E-state index in [1.807, 2.05) is 36.5 Å². The number of aromatic nitrogens is 1. The molecule has 5 nitrogen and oxygen atoms in total. The maximum absolute atomic E-state index is 13.0. The number of hydrogen-bond acceptors (Lipinski definition) is 5. The summed E-state index contributed by atoms with van der Waals surface area (Å²) in [6.07, 6.45) is 4.23. The Morgan fingerprint density at radius 3 is 2.93 bits per heavy atom. The average Bonchev–Trinajstić information content (AvgIpc) is 3.21. The third-order valence-electron chi connectivity index (χ3n) is 5.87. The molecule has 0 radical (unpaired) electrons. The molecule has 0 amide bonds. The number of ketones is 1. The minimum atomic E-state index is -0.199. The third-order valence-corrected chi connectivity index (χ3v) is 5.87. The minimum absolute atomic E-state index is 0.199. The Morgan fingerprint density at radius 2 is 1.96 bits per heavy atom. The van der Waals surface area contributed by atoms with Gasteiger partial charge in [-0.3, -0.25) is 9.78 Å². The molecule has 1 aliphatic carbocycles. The summed E-state index contributed by atoms with van der Waals surface area (Å²) in [5.41, 5.74) is 6.20. The van der Waals surface area contributed by atoms with Crippen molar-refractivity contribution in [1.82, 2.24) is 4.98 Å². The molecule has 3 aromatic rings. The van der Waals surface area contributed by atoms with Crippen molar-refractivity contribution in [3.05, 3.63) is 65.4 Å². The van der Waals surface area contributed by atoms with Crippen LogP contribution in [0.5, 0.6) is 11.5 Å². The van der Waals surface area contributed by atoms with Crippen molar-refractivity contribution in [1.29, 1.82) is 0 Å². The fourth-order valence-electron chi connectivity index (χ4n) is 4.60. The van der Waals surface area contributed by atoms with Gasteiger partial charge >= 0.3 is 0 Å². The number of carbonyl (C=O) groups excluding carboxylic acids is 1. The van der Waals surface area contributed by atoms with Gasteiger partial charge in [0.1, 0.15) is 0 Å². The van der Waals surface area contributed by atoms with Crippen molar-refractivity contribution in [3.63, 3.8) is 0 Å². The van der Waals surface area contributed by atoms with E-state index >= 15 is 0 Å². The monoisotopic (exact) mass is 370 g/mol. The fraction of sp³-hybridized carbons (Fsp3) is 0.217. The van der Waals surface area contributed by atoms with Crippen LogP contribution < -0.4 is 14.8 Å². The van der Waals surface area contributed by atoms with Crippen molar-refractivity contribution in [2.45, 2.75) is 25.3 Å². The van der Waals surface area contributed by atoms with Crippen LogP contribution in [0.1, 0.15) is 36.4 Å². The zero-order valence-corrected chi connectivity index (χ0v) is 15.2. The summed E-state index contributed by atoms with van der Waals surface area (Å²) in [5, 5.41) is 4.74. The first kappa shape index (κ1) is 15.7. The number of benzene rings is 2. The van der Waals surface area contributed by atoms with Gasteiger partial charge in [0, 0.05) is 29.1 Å². The molecule has 1 aromatic heterocycles. The second kappa shape index (κ2) is 5.83. The largest absolute Gasteiger partial charge is 0.454 e. The number of rotatable bonds is 1. The minimum Gasteiger partial charge on any atom is -0.454 e. The quantitative estimate of drug-likeness (QED) is 0.676. The molecule has 0 spiro atoms. The van der Waals surface area contributed by atoms with Crippen LogP contribution in [0.15, 0.2) is 54.2 Å². The van der Waals surface area contributed by atoms with E-state index < -0.39 is 0 Å². The maximum Gasteiger partial charge on any atom is 0.231 e. The van der Waals surface area contributed by atoms with Gasteiger partial charge in [-0.1, -0.05) is 12.1 Å². The Morgan fingerprint density at radius 1 is 1.04 bits per heavy atom. The SMILES string of the molecule is O=C1CCCC2=C1[C@H](c1ccc3c(c1)OCO3)Nc1c2ccc2ncccc12. The molecule has 1 N–H and O–H groups in total. The highest BCUT2D eigenvalue weighted by molar-refractivity contribution is 6.11. The molecule has 28 heavy (non-hydrogen) atoms. The highest BCUT2D eigenvalue weighted by Crippen LogP contribution is 2.48. The van der Waals surface area contributed by atoms with Gasteiger partial charge < -0.3 is 14.8 Å². The predicted octanol–water partition coefficient (Wildman–Crippen LogP) is 4.64. The molecule has 0 saturated heterocycles. The average molecular weight is 370 g/mol. The van der Waals surface area contributed by atoms with Crippen molar-refractivity contribution >= 4 is 27.9 Å². The van der Waals surface area contributed by atoms with Gasteiger partial charge in [-0.15, -0.1) is 0 Å². The number of nitrogens with one attached hydrogen (secondary N) is 1. The molecular formula is C23H18N2O3. The van der Waals surface area contributed by atoms with Gasteiger partial charge in [0.05, 0.1) is 17.2 Å². The molecule has 138 valence electrons. The van der Waals surface area contributed by atoms with Crippen LogP contribution >= 0.6 is 0 Å². The van der Waals surface area contributed by atoms with Crippen LogP contribution in [0.3, 0.4) is 0 Å². The van der Waals surface area contributed by atoms with E-state index in [1.54, 1.807) is 0 Å². The Bertz CT molecular complexity index is 1180. The molecule has 5 heteroatoms. The molecule has 0 saturated carbocycles. The van der Waals surface area contributed by atoms with Crippen LogP contribution in [0.4, 0.5) is 5.69 Å².